The van der Waals surface area contributed by atoms with Gasteiger partial charge in [0.15, 0.2) is 0 Å². The molecule has 0 amide bonds. The molecule has 0 aliphatic rings. The Labute approximate surface area is 176 Å². The summed E-state index contributed by atoms with van der Waals surface area (Å²) in [5.74, 6) is 0. The molecule has 158 valence electrons. The van der Waals surface area contributed by atoms with Crippen molar-refractivity contribution in [2.75, 3.05) is 0 Å². The van der Waals surface area contributed by atoms with Gasteiger partial charge >= 0.3 is 0 Å². The molecule has 0 aliphatic carbocycles. The van der Waals surface area contributed by atoms with Crippen LogP contribution in [0.3, 0.4) is 0 Å². The van der Waals surface area contributed by atoms with E-state index in [1.54, 1.807) is 5.56 Å². The highest BCUT2D eigenvalue weighted by molar-refractivity contribution is 5.81. The fourth-order valence-electron chi connectivity index (χ4n) is 4.27. The Balaban J connectivity index is 0.00000171. The molecule has 0 saturated heterocycles. The molecule has 0 radical (unpaired) electrons. The first-order valence-electron chi connectivity index (χ1n) is 11.3. The molecule has 2 rings (SSSR count). The van der Waals surface area contributed by atoms with Gasteiger partial charge < -0.3 is 0 Å². The number of benzene rings is 2. The van der Waals surface area contributed by atoms with E-state index in [0.29, 0.717) is 0 Å². The molecule has 0 bridgehead atoms. The molecule has 0 N–H and O–H groups in total. The van der Waals surface area contributed by atoms with Gasteiger partial charge in [-0.15, -0.1) is 0 Å². The molecule has 2 aromatic rings. The van der Waals surface area contributed by atoms with E-state index in [0.717, 1.165) is 0 Å². The van der Waals surface area contributed by atoms with Crippen molar-refractivity contribution in [1.29, 1.82) is 0 Å². The largest absolute Gasteiger partial charge is 0.0683 e. The lowest BCUT2D eigenvalue weighted by Crippen LogP contribution is -2.06. The maximum absolute atomic E-state index is 2.32. The molecule has 0 saturated carbocycles. The second kappa shape index (κ2) is 11.4. The zero-order valence-electron chi connectivity index (χ0n) is 21.4. The van der Waals surface area contributed by atoms with Crippen LogP contribution in [0.15, 0.2) is 0 Å². The van der Waals surface area contributed by atoms with Crippen molar-refractivity contribution in [3.8, 4) is 11.1 Å². The minimum atomic E-state index is 1.18. The van der Waals surface area contributed by atoms with E-state index < -0.39 is 0 Å². The minimum absolute atomic E-state index is 1.18. The number of hydrogen-bond donors (Lipinski definition) is 0. The first-order chi connectivity index (χ1) is 13.1. The van der Waals surface area contributed by atoms with E-state index in [1.165, 1.54) is 74.0 Å². The summed E-state index contributed by atoms with van der Waals surface area (Å²) >= 11 is 0. The molecule has 0 spiro atoms. The molecule has 0 atom stereocenters. The average molecular weight is 383 g/mol. The van der Waals surface area contributed by atoms with Gasteiger partial charge in [0.2, 0.25) is 0 Å². The van der Waals surface area contributed by atoms with Crippen molar-refractivity contribution >= 4 is 0 Å². The molecule has 0 unspecified atom stereocenters. The number of rotatable bonds is 3. The Morgan fingerprint density at radius 3 is 0.929 bits per heavy atom. The van der Waals surface area contributed by atoms with Crippen LogP contribution < -0.4 is 0 Å². The summed E-state index contributed by atoms with van der Waals surface area (Å²) in [4.78, 5) is 0. The molecular formula is C28H46. The van der Waals surface area contributed by atoms with Crippen LogP contribution in [0.4, 0.5) is 0 Å². The van der Waals surface area contributed by atoms with Gasteiger partial charge in [0, 0.05) is 0 Å². The summed E-state index contributed by atoms with van der Waals surface area (Å²) in [7, 11) is 0. The van der Waals surface area contributed by atoms with Crippen LogP contribution in [-0.2, 0) is 6.42 Å². The van der Waals surface area contributed by atoms with Crippen LogP contribution in [0.5, 0.6) is 0 Å². The molecule has 0 heterocycles. The Morgan fingerprint density at radius 2 is 0.643 bits per heavy atom. The maximum Gasteiger partial charge on any atom is -0.0114 e. The standard InChI is InChI=1S/C24H34.2C2H6/c1-11-12-22-16(5)20(9)24(21(10)17(22)6)23-18(7)14(3)13(2)15(4)19(23)8;2*1-2/h11-12H2,1-10H3;2*1-2H3. The summed E-state index contributed by atoms with van der Waals surface area (Å²) in [6.07, 6.45) is 2.39. The van der Waals surface area contributed by atoms with Gasteiger partial charge in [0.1, 0.15) is 0 Å². The fourth-order valence-corrected chi connectivity index (χ4v) is 4.27. The highest BCUT2D eigenvalue weighted by atomic mass is 14.2. The summed E-state index contributed by atoms with van der Waals surface area (Å²) in [6, 6.07) is 0. The van der Waals surface area contributed by atoms with Crippen LogP contribution in [0, 0.1) is 62.3 Å². The fraction of sp³-hybridized carbons (Fsp3) is 0.571. The third-order valence-corrected chi connectivity index (χ3v) is 6.53. The Hall–Kier alpha value is -1.56. The van der Waals surface area contributed by atoms with E-state index in [-0.39, 0.29) is 0 Å². The predicted molar refractivity (Wildman–Crippen MR) is 131 cm³/mol. The van der Waals surface area contributed by atoms with Gasteiger partial charge in [-0.25, -0.2) is 0 Å². The molecule has 0 nitrogen and oxygen atoms in total. The van der Waals surface area contributed by atoms with Crippen LogP contribution in [0.25, 0.3) is 11.1 Å². The van der Waals surface area contributed by atoms with Crippen molar-refractivity contribution in [2.45, 2.75) is 110 Å². The predicted octanol–water partition coefficient (Wildman–Crippen LogP) is 9.13. The SMILES string of the molecule is CC.CC.CCCc1c(C)c(C)c(-c2c(C)c(C)c(C)c(C)c2C)c(C)c1C. The molecule has 0 fully saturated rings. The second-order valence-corrected chi connectivity index (χ2v) is 7.60. The zero-order chi connectivity index (χ0) is 22.3. The van der Waals surface area contributed by atoms with Gasteiger partial charge in [-0.05, 0) is 135 Å². The highest BCUT2D eigenvalue weighted by Crippen LogP contribution is 2.40. The van der Waals surface area contributed by atoms with Crippen molar-refractivity contribution in [2.24, 2.45) is 0 Å². The first kappa shape index (κ1) is 26.4. The third kappa shape index (κ3) is 4.70. The molecule has 0 heteroatoms. The summed E-state index contributed by atoms with van der Waals surface area (Å²) in [6.45, 7) is 30.9. The molecule has 28 heavy (non-hydrogen) atoms. The monoisotopic (exact) mass is 382 g/mol. The summed E-state index contributed by atoms with van der Waals surface area (Å²) < 4.78 is 0. The highest BCUT2D eigenvalue weighted by Gasteiger charge is 2.20. The van der Waals surface area contributed by atoms with E-state index >= 15 is 0 Å². The van der Waals surface area contributed by atoms with Gasteiger partial charge in [-0.2, -0.15) is 0 Å². The van der Waals surface area contributed by atoms with Crippen LogP contribution in [0.1, 0.15) is 96.7 Å². The van der Waals surface area contributed by atoms with Crippen LogP contribution >= 0.6 is 0 Å². The summed E-state index contributed by atoms with van der Waals surface area (Å²) in [5, 5.41) is 0. The topological polar surface area (TPSA) is 0 Å². The first-order valence-corrected chi connectivity index (χ1v) is 11.3. The summed E-state index contributed by atoms with van der Waals surface area (Å²) in [5.41, 5.74) is 17.7. The van der Waals surface area contributed by atoms with E-state index in [1.807, 2.05) is 27.7 Å². The van der Waals surface area contributed by atoms with Gasteiger partial charge in [-0.1, -0.05) is 41.0 Å². The van der Waals surface area contributed by atoms with Crippen molar-refractivity contribution in [3.05, 3.63) is 55.6 Å². The third-order valence-electron chi connectivity index (χ3n) is 6.53. The Morgan fingerprint density at radius 1 is 0.393 bits per heavy atom. The second-order valence-electron chi connectivity index (χ2n) is 7.60. The van der Waals surface area contributed by atoms with Gasteiger partial charge in [-0.3, -0.25) is 0 Å². The van der Waals surface area contributed by atoms with E-state index in [2.05, 4.69) is 69.2 Å². The van der Waals surface area contributed by atoms with Gasteiger partial charge in [0.05, 0.1) is 0 Å². The zero-order valence-corrected chi connectivity index (χ0v) is 21.4. The molecule has 0 aromatic heterocycles. The lowest BCUT2D eigenvalue weighted by atomic mass is 9.79. The molecule has 2 aromatic carbocycles. The van der Waals surface area contributed by atoms with Crippen molar-refractivity contribution in [1.82, 2.24) is 0 Å². The smallest absolute Gasteiger partial charge is 0.0114 e. The lowest BCUT2D eigenvalue weighted by molar-refractivity contribution is 0.897. The van der Waals surface area contributed by atoms with Gasteiger partial charge in [0.25, 0.3) is 0 Å². The normalized spacial score (nSPS) is 10.1. The lowest BCUT2D eigenvalue weighted by Gasteiger charge is -2.25. The number of hydrogen-bond acceptors (Lipinski definition) is 0. The Bertz CT molecular complexity index is 746. The Kier molecular flexibility index (Phi) is 10.8. The molecule has 0 aliphatic heterocycles. The average Bonchev–Trinajstić information content (AvgIpc) is 2.72. The van der Waals surface area contributed by atoms with Crippen molar-refractivity contribution in [3.63, 3.8) is 0 Å². The molecular weight excluding hydrogens is 336 g/mol. The minimum Gasteiger partial charge on any atom is -0.0683 e. The van der Waals surface area contributed by atoms with Crippen molar-refractivity contribution < 1.29 is 0 Å². The maximum atomic E-state index is 2.32. The van der Waals surface area contributed by atoms with E-state index in [4.69, 9.17) is 0 Å². The van der Waals surface area contributed by atoms with Crippen LogP contribution in [0.2, 0.25) is 0 Å². The quantitative estimate of drug-likeness (QED) is 0.496. The van der Waals surface area contributed by atoms with Crippen LogP contribution in [-0.4, -0.2) is 0 Å². The van der Waals surface area contributed by atoms with E-state index in [9.17, 15) is 0 Å².